The van der Waals surface area contributed by atoms with E-state index in [0.717, 1.165) is 24.0 Å². The van der Waals surface area contributed by atoms with Crippen LogP contribution in [0.15, 0.2) is 54.6 Å². The van der Waals surface area contributed by atoms with Gasteiger partial charge in [0, 0.05) is 18.5 Å². The van der Waals surface area contributed by atoms with E-state index < -0.39 is 17.5 Å². The fourth-order valence-electron chi connectivity index (χ4n) is 5.58. The number of nitrogens with one attached hydrogen (secondary N) is 1. The number of ether oxygens (including phenoxy) is 2. The summed E-state index contributed by atoms with van der Waals surface area (Å²) in [5.41, 5.74) is 7.90. The van der Waals surface area contributed by atoms with Gasteiger partial charge in [-0.15, -0.1) is 12.4 Å². The number of hydrogen-bond acceptors (Lipinski definition) is 6. The molecule has 2 amide bonds. The molecule has 2 aromatic carbocycles. The van der Waals surface area contributed by atoms with Crippen molar-refractivity contribution in [2.45, 2.75) is 69.6 Å². The molecule has 1 aliphatic heterocycles. The molecule has 8 nitrogen and oxygen atoms in total. The average molecular weight is 558 g/mol. The summed E-state index contributed by atoms with van der Waals surface area (Å²) in [6, 6.07) is 16.9. The third-order valence-electron chi connectivity index (χ3n) is 7.69. The highest BCUT2D eigenvalue weighted by atomic mass is 35.5. The van der Waals surface area contributed by atoms with Gasteiger partial charge in [0.05, 0.1) is 31.3 Å². The van der Waals surface area contributed by atoms with Crippen molar-refractivity contribution in [3.05, 3.63) is 71.3 Å². The minimum Gasteiger partial charge on any atom is -0.466 e. The standard InChI is InChI=1S/C30H39N3O5.ClH/c1-4-38-27(35)23-18-30(24-13-9-8-12-22(23)24)14-16-33(17-15-30)26(34)25(32-28(36)29(2,3)31)20-37-19-21-10-6-5-7-11-21;/h5-13,23,25H,4,14-20,31H2,1-3H3,(H,32,36);1H/t23?,25-;/m1./s1. The SMILES string of the molecule is CCOC(=O)C1CC2(CCN(C(=O)[C@@H](COCc3ccccc3)NC(=O)C(C)(C)N)CC2)c2ccccc21.Cl. The summed E-state index contributed by atoms with van der Waals surface area (Å²) < 4.78 is 11.2. The highest BCUT2D eigenvalue weighted by Gasteiger charge is 2.48. The Kier molecular flexibility index (Phi) is 10.2. The van der Waals surface area contributed by atoms with Crippen molar-refractivity contribution in [3.8, 4) is 0 Å². The first kappa shape index (κ1) is 30.6. The number of amides is 2. The summed E-state index contributed by atoms with van der Waals surface area (Å²) in [5, 5.41) is 2.81. The molecule has 0 bridgehead atoms. The molecular weight excluding hydrogens is 518 g/mol. The Balaban J connectivity index is 0.00000420. The molecule has 9 heteroatoms. The van der Waals surface area contributed by atoms with Gasteiger partial charge in [-0.05, 0) is 56.7 Å². The van der Waals surface area contributed by atoms with E-state index >= 15 is 0 Å². The number of hydrogen-bond donors (Lipinski definition) is 2. The number of nitrogens with two attached hydrogens (primary N) is 1. The van der Waals surface area contributed by atoms with Crippen LogP contribution >= 0.6 is 12.4 Å². The van der Waals surface area contributed by atoms with E-state index in [4.69, 9.17) is 15.2 Å². The zero-order valence-corrected chi connectivity index (χ0v) is 23.8. The van der Waals surface area contributed by atoms with Gasteiger partial charge in [0.15, 0.2) is 0 Å². The Morgan fingerprint density at radius 1 is 1.08 bits per heavy atom. The molecule has 0 aromatic heterocycles. The average Bonchev–Trinajstić information content (AvgIpc) is 3.22. The zero-order valence-electron chi connectivity index (χ0n) is 23.0. The van der Waals surface area contributed by atoms with Gasteiger partial charge in [-0.3, -0.25) is 14.4 Å². The molecule has 1 aliphatic carbocycles. The van der Waals surface area contributed by atoms with Crippen LogP contribution in [0.5, 0.6) is 0 Å². The van der Waals surface area contributed by atoms with Crippen LogP contribution in [0, 0.1) is 0 Å². The first-order valence-electron chi connectivity index (χ1n) is 13.4. The molecular formula is C30H40ClN3O5. The van der Waals surface area contributed by atoms with Gasteiger partial charge in [-0.2, -0.15) is 0 Å². The minimum absolute atomic E-state index is 0. The topological polar surface area (TPSA) is 111 Å². The molecule has 212 valence electrons. The van der Waals surface area contributed by atoms with Crippen molar-refractivity contribution < 1.29 is 23.9 Å². The van der Waals surface area contributed by atoms with Gasteiger partial charge in [0.2, 0.25) is 11.8 Å². The normalized spacial score (nSPS) is 18.6. The van der Waals surface area contributed by atoms with Crippen molar-refractivity contribution in [1.82, 2.24) is 10.2 Å². The van der Waals surface area contributed by atoms with Crippen LogP contribution in [-0.2, 0) is 35.9 Å². The molecule has 2 atom stereocenters. The van der Waals surface area contributed by atoms with E-state index in [1.54, 1.807) is 18.7 Å². The summed E-state index contributed by atoms with van der Waals surface area (Å²) >= 11 is 0. The fourth-order valence-corrected chi connectivity index (χ4v) is 5.58. The van der Waals surface area contributed by atoms with E-state index in [0.29, 0.717) is 32.7 Å². The van der Waals surface area contributed by atoms with Gasteiger partial charge >= 0.3 is 5.97 Å². The number of carbonyl (C=O) groups is 3. The lowest BCUT2D eigenvalue weighted by atomic mass is 9.73. The monoisotopic (exact) mass is 557 g/mol. The maximum absolute atomic E-state index is 13.6. The second kappa shape index (κ2) is 12.9. The Morgan fingerprint density at radius 3 is 2.36 bits per heavy atom. The van der Waals surface area contributed by atoms with E-state index in [-0.39, 0.29) is 42.2 Å². The molecule has 0 radical (unpaired) electrons. The number of benzene rings is 2. The Hall–Kier alpha value is -2.94. The molecule has 3 N–H and O–H groups in total. The fraction of sp³-hybridized carbons (Fsp3) is 0.500. The van der Waals surface area contributed by atoms with Crippen LogP contribution in [0.2, 0.25) is 0 Å². The highest BCUT2D eigenvalue weighted by Crippen LogP contribution is 2.52. The smallest absolute Gasteiger partial charge is 0.313 e. The maximum atomic E-state index is 13.6. The van der Waals surface area contributed by atoms with Gasteiger partial charge in [0.25, 0.3) is 0 Å². The van der Waals surface area contributed by atoms with Gasteiger partial charge < -0.3 is 25.4 Å². The first-order chi connectivity index (χ1) is 18.1. The second-order valence-corrected chi connectivity index (χ2v) is 11.0. The number of halogens is 1. The lowest BCUT2D eigenvalue weighted by Gasteiger charge is -2.41. The van der Waals surface area contributed by atoms with Crippen molar-refractivity contribution in [1.29, 1.82) is 0 Å². The zero-order chi connectivity index (χ0) is 27.3. The number of fused-ring (bicyclic) bond motifs is 2. The molecule has 2 aliphatic rings. The minimum atomic E-state index is -1.13. The lowest BCUT2D eigenvalue weighted by molar-refractivity contribution is -0.145. The third-order valence-corrected chi connectivity index (χ3v) is 7.69. The van der Waals surface area contributed by atoms with Gasteiger partial charge in [-0.25, -0.2) is 0 Å². The molecule has 1 fully saturated rings. The predicted octanol–water partition coefficient (Wildman–Crippen LogP) is 3.46. The van der Waals surface area contributed by atoms with E-state index in [1.807, 2.05) is 55.5 Å². The molecule has 1 spiro atoms. The van der Waals surface area contributed by atoms with Crippen LogP contribution in [-0.4, -0.2) is 60.6 Å². The van der Waals surface area contributed by atoms with E-state index in [1.165, 1.54) is 5.56 Å². The molecule has 2 aromatic rings. The van der Waals surface area contributed by atoms with Crippen LogP contribution in [0.3, 0.4) is 0 Å². The Morgan fingerprint density at radius 2 is 1.72 bits per heavy atom. The van der Waals surface area contributed by atoms with E-state index in [2.05, 4.69) is 11.4 Å². The summed E-state index contributed by atoms with van der Waals surface area (Å²) in [6.45, 7) is 6.83. The summed E-state index contributed by atoms with van der Waals surface area (Å²) in [5.74, 6) is -1.05. The number of esters is 1. The number of piperidine rings is 1. The van der Waals surface area contributed by atoms with Crippen LogP contribution in [0.4, 0.5) is 0 Å². The predicted molar refractivity (Wildman–Crippen MR) is 151 cm³/mol. The van der Waals surface area contributed by atoms with Crippen molar-refractivity contribution in [3.63, 3.8) is 0 Å². The van der Waals surface area contributed by atoms with Crippen molar-refractivity contribution in [2.24, 2.45) is 5.73 Å². The molecule has 39 heavy (non-hydrogen) atoms. The Labute approximate surface area is 237 Å². The highest BCUT2D eigenvalue weighted by molar-refractivity contribution is 5.91. The van der Waals surface area contributed by atoms with E-state index in [9.17, 15) is 14.4 Å². The molecule has 1 saturated heterocycles. The maximum Gasteiger partial charge on any atom is 0.313 e. The number of carbonyl (C=O) groups excluding carboxylic acids is 3. The lowest BCUT2D eigenvalue weighted by Crippen LogP contribution is -2.59. The van der Waals surface area contributed by atoms with Crippen LogP contribution in [0.25, 0.3) is 0 Å². The van der Waals surface area contributed by atoms with Crippen molar-refractivity contribution in [2.75, 3.05) is 26.3 Å². The molecule has 4 rings (SSSR count). The number of rotatable bonds is 9. The third kappa shape index (κ3) is 6.99. The Bertz CT molecular complexity index is 1140. The largest absolute Gasteiger partial charge is 0.466 e. The van der Waals surface area contributed by atoms with Gasteiger partial charge in [0.1, 0.15) is 6.04 Å². The second-order valence-electron chi connectivity index (χ2n) is 11.0. The van der Waals surface area contributed by atoms with Crippen molar-refractivity contribution >= 4 is 30.2 Å². The van der Waals surface area contributed by atoms with Crippen LogP contribution < -0.4 is 11.1 Å². The number of nitrogens with zero attached hydrogens (tertiary/aromatic N) is 1. The first-order valence-corrected chi connectivity index (χ1v) is 13.4. The van der Waals surface area contributed by atoms with Crippen LogP contribution in [0.1, 0.15) is 62.6 Å². The summed E-state index contributed by atoms with van der Waals surface area (Å²) in [4.78, 5) is 40.8. The summed E-state index contributed by atoms with van der Waals surface area (Å²) in [7, 11) is 0. The molecule has 1 heterocycles. The molecule has 1 unspecified atom stereocenters. The quantitative estimate of drug-likeness (QED) is 0.457. The summed E-state index contributed by atoms with van der Waals surface area (Å²) in [6.07, 6.45) is 2.16. The molecule has 0 saturated carbocycles. The number of likely N-dealkylation sites (tertiary alicyclic amines) is 1. The van der Waals surface area contributed by atoms with Gasteiger partial charge in [-0.1, -0.05) is 54.6 Å².